The van der Waals surface area contributed by atoms with Crippen molar-refractivity contribution < 1.29 is 4.79 Å². The maximum atomic E-state index is 12.1. The molecule has 1 amide bonds. The Bertz CT molecular complexity index is 447. The fourth-order valence-corrected chi connectivity index (χ4v) is 3.19. The topological polar surface area (TPSA) is 32.3 Å². The van der Waals surface area contributed by atoms with Crippen LogP contribution in [0.25, 0.3) is 0 Å². The lowest BCUT2D eigenvalue weighted by Gasteiger charge is -2.30. The van der Waals surface area contributed by atoms with Crippen LogP contribution >= 0.6 is 15.9 Å². The lowest BCUT2D eigenvalue weighted by molar-refractivity contribution is 0.0944. The summed E-state index contributed by atoms with van der Waals surface area (Å²) in [6, 6.07) is 5.79. The lowest BCUT2D eigenvalue weighted by Crippen LogP contribution is -2.39. The zero-order chi connectivity index (χ0) is 14.5. The van der Waals surface area contributed by atoms with Gasteiger partial charge in [0, 0.05) is 23.1 Å². The maximum Gasteiger partial charge on any atom is 0.251 e. The van der Waals surface area contributed by atoms with Gasteiger partial charge < -0.3 is 10.2 Å². The quantitative estimate of drug-likeness (QED) is 0.914. The van der Waals surface area contributed by atoms with E-state index in [0.29, 0.717) is 0 Å². The van der Waals surface area contributed by atoms with Crippen LogP contribution in [-0.2, 0) is 0 Å². The molecule has 1 aliphatic rings. The highest BCUT2D eigenvalue weighted by Gasteiger charge is 2.15. The van der Waals surface area contributed by atoms with E-state index in [1.54, 1.807) is 0 Å². The van der Waals surface area contributed by atoms with Crippen molar-refractivity contribution in [1.82, 2.24) is 10.2 Å². The minimum atomic E-state index is 0.0137. The average Bonchev–Trinajstić information content (AvgIpc) is 2.40. The molecule has 1 aromatic rings. The Morgan fingerprint density at radius 3 is 2.70 bits per heavy atom. The number of piperidine rings is 1. The second-order valence-electron chi connectivity index (χ2n) is 5.80. The molecule has 110 valence electrons. The van der Waals surface area contributed by atoms with Crippen molar-refractivity contribution in [2.24, 2.45) is 5.92 Å². The number of carbonyl (C=O) groups excluding carboxylic acids is 1. The number of carbonyl (C=O) groups is 1. The number of likely N-dealkylation sites (tertiary alicyclic amines) is 1. The zero-order valence-corrected chi connectivity index (χ0v) is 13.9. The SMILES string of the molecule is Cc1cc(Br)cc(C(=O)NCCN2CCC(C)CC2)c1. The van der Waals surface area contributed by atoms with E-state index in [0.717, 1.165) is 47.7 Å². The number of aryl methyl sites for hydroxylation is 1. The molecule has 1 aliphatic heterocycles. The molecule has 0 spiro atoms. The van der Waals surface area contributed by atoms with E-state index in [4.69, 9.17) is 0 Å². The number of rotatable bonds is 4. The molecule has 0 aliphatic carbocycles. The van der Waals surface area contributed by atoms with E-state index in [1.165, 1.54) is 12.8 Å². The van der Waals surface area contributed by atoms with Crippen LogP contribution in [0, 0.1) is 12.8 Å². The third kappa shape index (κ3) is 4.60. The summed E-state index contributed by atoms with van der Waals surface area (Å²) < 4.78 is 0.952. The number of amides is 1. The molecule has 1 N–H and O–H groups in total. The Labute approximate surface area is 129 Å². The van der Waals surface area contributed by atoms with Crippen LogP contribution in [0.5, 0.6) is 0 Å². The van der Waals surface area contributed by atoms with E-state index in [9.17, 15) is 4.79 Å². The summed E-state index contributed by atoms with van der Waals surface area (Å²) >= 11 is 3.43. The van der Waals surface area contributed by atoms with Crippen LogP contribution < -0.4 is 5.32 Å². The molecule has 1 fully saturated rings. The summed E-state index contributed by atoms with van der Waals surface area (Å²) in [4.78, 5) is 14.5. The zero-order valence-electron chi connectivity index (χ0n) is 12.3. The minimum Gasteiger partial charge on any atom is -0.351 e. The van der Waals surface area contributed by atoms with Gasteiger partial charge in [-0.2, -0.15) is 0 Å². The average molecular weight is 339 g/mol. The number of hydrogen-bond acceptors (Lipinski definition) is 2. The Morgan fingerprint density at radius 1 is 1.35 bits per heavy atom. The normalized spacial score (nSPS) is 17.1. The van der Waals surface area contributed by atoms with Gasteiger partial charge in [0.15, 0.2) is 0 Å². The van der Waals surface area contributed by atoms with E-state index in [-0.39, 0.29) is 5.91 Å². The fourth-order valence-electron chi connectivity index (χ4n) is 2.58. The van der Waals surface area contributed by atoms with Crippen LogP contribution in [0.4, 0.5) is 0 Å². The number of benzene rings is 1. The monoisotopic (exact) mass is 338 g/mol. The van der Waals surface area contributed by atoms with Crippen LogP contribution in [-0.4, -0.2) is 37.0 Å². The molecule has 4 heteroatoms. The molecule has 3 nitrogen and oxygen atoms in total. The predicted molar refractivity (Wildman–Crippen MR) is 86.1 cm³/mol. The maximum absolute atomic E-state index is 12.1. The van der Waals surface area contributed by atoms with E-state index in [2.05, 4.69) is 33.1 Å². The standard InChI is InChI=1S/C16H23BrN2O/c1-12-3-6-19(7-4-12)8-5-18-16(20)14-9-13(2)10-15(17)11-14/h9-12H,3-8H2,1-2H3,(H,18,20). The Kier molecular flexibility index (Phi) is 5.61. The first-order chi connectivity index (χ1) is 9.54. The summed E-state index contributed by atoms with van der Waals surface area (Å²) in [7, 11) is 0. The van der Waals surface area contributed by atoms with E-state index in [1.807, 2.05) is 25.1 Å². The summed E-state index contributed by atoms with van der Waals surface area (Å²) in [6.45, 7) is 8.30. The molecule has 0 atom stereocenters. The molecule has 0 radical (unpaired) electrons. The van der Waals surface area contributed by atoms with Gasteiger partial charge in [0.1, 0.15) is 0 Å². The predicted octanol–water partition coefficient (Wildman–Crippen LogP) is 3.22. The first-order valence-corrected chi connectivity index (χ1v) is 8.11. The number of hydrogen-bond donors (Lipinski definition) is 1. The largest absolute Gasteiger partial charge is 0.351 e. The van der Waals surface area contributed by atoms with Gasteiger partial charge in [0.2, 0.25) is 0 Å². The Morgan fingerprint density at radius 2 is 2.05 bits per heavy atom. The van der Waals surface area contributed by atoms with Crippen LogP contribution in [0.3, 0.4) is 0 Å². The molecule has 0 unspecified atom stereocenters. The third-order valence-electron chi connectivity index (χ3n) is 3.89. The van der Waals surface area contributed by atoms with Crippen molar-refractivity contribution in [2.45, 2.75) is 26.7 Å². The summed E-state index contributed by atoms with van der Waals surface area (Å²) in [5.74, 6) is 0.866. The van der Waals surface area contributed by atoms with E-state index < -0.39 is 0 Å². The molecule has 0 aromatic heterocycles. The highest BCUT2D eigenvalue weighted by atomic mass is 79.9. The summed E-state index contributed by atoms with van der Waals surface area (Å²) in [5, 5.41) is 3.01. The Hall–Kier alpha value is -0.870. The summed E-state index contributed by atoms with van der Waals surface area (Å²) in [6.07, 6.45) is 2.55. The fraction of sp³-hybridized carbons (Fsp3) is 0.562. The minimum absolute atomic E-state index is 0.0137. The molecule has 1 heterocycles. The highest BCUT2D eigenvalue weighted by Crippen LogP contribution is 2.16. The molecule has 20 heavy (non-hydrogen) atoms. The highest BCUT2D eigenvalue weighted by molar-refractivity contribution is 9.10. The van der Waals surface area contributed by atoms with Crippen molar-refractivity contribution in [3.63, 3.8) is 0 Å². The number of nitrogens with zero attached hydrogens (tertiary/aromatic N) is 1. The van der Waals surface area contributed by atoms with E-state index >= 15 is 0 Å². The lowest BCUT2D eigenvalue weighted by atomic mass is 9.99. The number of halogens is 1. The van der Waals surface area contributed by atoms with Crippen molar-refractivity contribution in [3.8, 4) is 0 Å². The molecule has 1 saturated heterocycles. The van der Waals surface area contributed by atoms with Gasteiger partial charge in [-0.3, -0.25) is 4.79 Å². The molecular formula is C16H23BrN2O. The van der Waals surface area contributed by atoms with Gasteiger partial charge in [-0.25, -0.2) is 0 Å². The van der Waals surface area contributed by atoms with Crippen LogP contribution in [0.2, 0.25) is 0 Å². The van der Waals surface area contributed by atoms with Gasteiger partial charge in [0.05, 0.1) is 0 Å². The molecule has 0 saturated carbocycles. The first kappa shape index (κ1) is 15.5. The van der Waals surface area contributed by atoms with Gasteiger partial charge >= 0.3 is 0 Å². The third-order valence-corrected chi connectivity index (χ3v) is 4.35. The second kappa shape index (κ2) is 7.23. The summed E-state index contributed by atoms with van der Waals surface area (Å²) in [5.41, 5.74) is 1.82. The van der Waals surface area contributed by atoms with Crippen molar-refractivity contribution in [1.29, 1.82) is 0 Å². The second-order valence-corrected chi connectivity index (χ2v) is 6.71. The molecule has 0 bridgehead atoms. The Balaban J connectivity index is 1.77. The van der Waals surface area contributed by atoms with Gasteiger partial charge in [-0.1, -0.05) is 22.9 Å². The van der Waals surface area contributed by atoms with Gasteiger partial charge in [-0.15, -0.1) is 0 Å². The van der Waals surface area contributed by atoms with Gasteiger partial charge in [-0.05, 0) is 62.5 Å². The number of nitrogens with one attached hydrogen (secondary N) is 1. The molecule has 2 rings (SSSR count). The van der Waals surface area contributed by atoms with Crippen molar-refractivity contribution in [3.05, 3.63) is 33.8 Å². The molecular weight excluding hydrogens is 316 g/mol. The van der Waals surface area contributed by atoms with Crippen molar-refractivity contribution in [2.75, 3.05) is 26.2 Å². The van der Waals surface area contributed by atoms with Crippen LogP contribution in [0.15, 0.2) is 22.7 Å². The van der Waals surface area contributed by atoms with Crippen molar-refractivity contribution >= 4 is 21.8 Å². The van der Waals surface area contributed by atoms with Gasteiger partial charge in [0.25, 0.3) is 5.91 Å². The molecule has 1 aromatic carbocycles. The smallest absolute Gasteiger partial charge is 0.251 e. The first-order valence-electron chi connectivity index (χ1n) is 7.32. The van der Waals surface area contributed by atoms with Crippen LogP contribution in [0.1, 0.15) is 35.7 Å².